The Morgan fingerprint density at radius 3 is 2.52 bits per heavy atom. The second kappa shape index (κ2) is 7.23. The summed E-state index contributed by atoms with van der Waals surface area (Å²) in [4.78, 5) is 0.412. The van der Waals surface area contributed by atoms with Crippen LogP contribution in [0.25, 0.3) is 0 Å². The zero-order valence-corrected chi connectivity index (χ0v) is 13.3. The molecule has 0 aliphatic rings. The summed E-state index contributed by atoms with van der Waals surface area (Å²) in [7, 11) is 0. The van der Waals surface area contributed by atoms with Crippen molar-refractivity contribution >= 4 is 17.2 Å². The molecule has 0 spiro atoms. The Hall–Kier alpha value is -1.87. The first kappa shape index (κ1) is 15.5. The van der Waals surface area contributed by atoms with E-state index >= 15 is 0 Å². The van der Waals surface area contributed by atoms with E-state index in [0.717, 1.165) is 23.3 Å². The third kappa shape index (κ3) is 4.30. The molecule has 0 amide bonds. The zero-order valence-electron chi connectivity index (χ0n) is 12.5. The Bertz CT molecular complexity index is 607. The minimum atomic E-state index is 0.412. The predicted molar refractivity (Wildman–Crippen MR) is 91.8 cm³/mol. The molecule has 2 aromatic carbocycles. The Morgan fingerprint density at radius 2 is 1.90 bits per heavy atom. The van der Waals surface area contributed by atoms with Crippen LogP contribution in [0.5, 0.6) is 5.75 Å². The molecule has 1 unspecified atom stereocenters. The molecule has 0 fully saturated rings. The lowest BCUT2D eigenvalue weighted by Gasteiger charge is -2.11. The van der Waals surface area contributed by atoms with E-state index in [1.165, 1.54) is 5.56 Å². The van der Waals surface area contributed by atoms with Crippen LogP contribution in [0.15, 0.2) is 48.5 Å². The van der Waals surface area contributed by atoms with Crippen molar-refractivity contribution < 1.29 is 4.74 Å². The van der Waals surface area contributed by atoms with Gasteiger partial charge in [0.1, 0.15) is 17.3 Å². The van der Waals surface area contributed by atoms with Crippen LogP contribution in [0.1, 0.15) is 42.9 Å². The van der Waals surface area contributed by atoms with Crippen molar-refractivity contribution in [2.24, 2.45) is 5.73 Å². The van der Waals surface area contributed by atoms with Crippen molar-refractivity contribution in [2.75, 3.05) is 0 Å². The topological polar surface area (TPSA) is 35.2 Å². The molecule has 3 heteroatoms. The van der Waals surface area contributed by atoms with Crippen molar-refractivity contribution in [3.8, 4) is 5.75 Å². The van der Waals surface area contributed by atoms with E-state index in [0.29, 0.717) is 17.5 Å². The van der Waals surface area contributed by atoms with Crippen LogP contribution in [0.2, 0.25) is 0 Å². The summed E-state index contributed by atoms with van der Waals surface area (Å²) >= 11 is 4.99. The quantitative estimate of drug-likeness (QED) is 0.802. The van der Waals surface area contributed by atoms with Gasteiger partial charge in [-0.05, 0) is 41.7 Å². The Morgan fingerprint density at radius 1 is 1.19 bits per heavy atom. The maximum Gasteiger partial charge on any atom is 0.119 e. The molecule has 0 saturated heterocycles. The third-order valence-electron chi connectivity index (χ3n) is 3.68. The Kier molecular flexibility index (Phi) is 5.34. The van der Waals surface area contributed by atoms with E-state index in [1.807, 2.05) is 36.4 Å². The molecule has 0 radical (unpaired) electrons. The molecule has 21 heavy (non-hydrogen) atoms. The van der Waals surface area contributed by atoms with Crippen LogP contribution in [0, 0.1) is 0 Å². The molecule has 2 rings (SSSR count). The highest BCUT2D eigenvalue weighted by atomic mass is 32.1. The number of benzene rings is 2. The van der Waals surface area contributed by atoms with Gasteiger partial charge >= 0.3 is 0 Å². The van der Waals surface area contributed by atoms with Crippen LogP contribution in [-0.4, -0.2) is 4.99 Å². The number of hydrogen-bond donors (Lipinski definition) is 1. The number of ether oxygens (including phenoxy) is 1. The van der Waals surface area contributed by atoms with Gasteiger partial charge in [-0.3, -0.25) is 0 Å². The highest BCUT2D eigenvalue weighted by Gasteiger charge is 2.03. The number of nitrogens with two attached hydrogens (primary N) is 1. The summed E-state index contributed by atoms with van der Waals surface area (Å²) in [5.74, 6) is 1.46. The molecule has 0 aliphatic heterocycles. The second-order valence-electron chi connectivity index (χ2n) is 5.23. The summed E-state index contributed by atoms with van der Waals surface area (Å²) < 4.78 is 5.81. The summed E-state index contributed by atoms with van der Waals surface area (Å²) in [5.41, 5.74) is 8.92. The van der Waals surface area contributed by atoms with Gasteiger partial charge in [0.05, 0.1) is 0 Å². The van der Waals surface area contributed by atoms with Gasteiger partial charge in [-0.25, -0.2) is 0 Å². The van der Waals surface area contributed by atoms with E-state index in [-0.39, 0.29) is 0 Å². The molecule has 2 aromatic rings. The summed E-state index contributed by atoms with van der Waals surface area (Å²) in [5, 5.41) is 0. The van der Waals surface area contributed by atoms with Gasteiger partial charge in [-0.2, -0.15) is 0 Å². The van der Waals surface area contributed by atoms with Gasteiger partial charge < -0.3 is 10.5 Å². The van der Waals surface area contributed by atoms with Crippen LogP contribution < -0.4 is 10.5 Å². The first-order valence-corrected chi connectivity index (χ1v) is 7.62. The molecule has 2 nitrogen and oxygen atoms in total. The molecule has 2 N–H and O–H groups in total. The number of hydrogen-bond acceptors (Lipinski definition) is 2. The molecule has 0 bridgehead atoms. The summed E-state index contributed by atoms with van der Waals surface area (Å²) in [6, 6.07) is 16.2. The highest BCUT2D eigenvalue weighted by molar-refractivity contribution is 7.80. The monoisotopic (exact) mass is 299 g/mol. The molecule has 0 heterocycles. The van der Waals surface area contributed by atoms with Gasteiger partial charge in [0.25, 0.3) is 0 Å². The lowest BCUT2D eigenvalue weighted by Crippen LogP contribution is -2.09. The van der Waals surface area contributed by atoms with Crippen molar-refractivity contribution in [1.82, 2.24) is 0 Å². The van der Waals surface area contributed by atoms with Crippen LogP contribution in [0.4, 0.5) is 0 Å². The van der Waals surface area contributed by atoms with E-state index in [1.54, 1.807) is 0 Å². The van der Waals surface area contributed by atoms with Crippen molar-refractivity contribution in [1.29, 1.82) is 0 Å². The minimum absolute atomic E-state index is 0.412. The SMILES string of the molecule is CCC(C)c1ccc(OCc2cccc(C(N)=S)c2)cc1. The number of thiocarbonyl (C=S) groups is 1. The van der Waals surface area contributed by atoms with E-state index in [4.69, 9.17) is 22.7 Å². The average Bonchev–Trinajstić information content (AvgIpc) is 2.53. The van der Waals surface area contributed by atoms with E-state index in [2.05, 4.69) is 26.0 Å². The van der Waals surface area contributed by atoms with Gasteiger partial charge in [0.15, 0.2) is 0 Å². The second-order valence-corrected chi connectivity index (χ2v) is 5.67. The zero-order chi connectivity index (χ0) is 15.2. The molecule has 1 atom stereocenters. The lowest BCUT2D eigenvalue weighted by molar-refractivity contribution is 0.306. The maximum atomic E-state index is 5.81. The molecular formula is C18H21NOS. The minimum Gasteiger partial charge on any atom is -0.489 e. The Labute approximate surface area is 131 Å². The van der Waals surface area contributed by atoms with Crippen LogP contribution >= 0.6 is 12.2 Å². The Balaban J connectivity index is 1.99. The number of rotatable bonds is 6. The van der Waals surface area contributed by atoms with E-state index in [9.17, 15) is 0 Å². The average molecular weight is 299 g/mol. The van der Waals surface area contributed by atoms with E-state index < -0.39 is 0 Å². The smallest absolute Gasteiger partial charge is 0.119 e. The van der Waals surface area contributed by atoms with Crippen molar-refractivity contribution in [2.45, 2.75) is 32.8 Å². The molecular weight excluding hydrogens is 278 g/mol. The normalized spacial score (nSPS) is 11.9. The molecule has 0 aliphatic carbocycles. The van der Waals surface area contributed by atoms with Gasteiger partial charge in [-0.1, -0.05) is 56.4 Å². The summed E-state index contributed by atoms with van der Waals surface area (Å²) in [6.07, 6.45) is 1.14. The fourth-order valence-electron chi connectivity index (χ4n) is 2.11. The van der Waals surface area contributed by atoms with Crippen molar-refractivity contribution in [3.05, 3.63) is 65.2 Å². The van der Waals surface area contributed by atoms with Gasteiger partial charge in [-0.15, -0.1) is 0 Å². The third-order valence-corrected chi connectivity index (χ3v) is 3.91. The van der Waals surface area contributed by atoms with Crippen molar-refractivity contribution in [3.63, 3.8) is 0 Å². The maximum absolute atomic E-state index is 5.81. The van der Waals surface area contributed by atoms with Gasteiger partial charge in [0.2, 0.25) is 0 Å². The van der Waals surface area contributed by atoms with Gasteiger partial charge in [0, 0.05) is 5.56 Å². The molecule has 110 valence electrons. The first-order chi connectivity index (χ1) is 10.1. The molecule has 0 aromatic heterocycles. The highest BCUT2D eigenvalue weighted by Crippen LogP contribution is 2.22. The van der Waals surface area contributed by atoms with Crippen LogP contribution in [0.3, 0.4) is 0 Å². The lowest BCUT2D eigenvalue weighted by atomic mass is 9.99. The largest absolute Gasteiger partial charge is 0.489 e. The fraction of sp³-hybridized carbons (Fsp3) is 0.278. The molecule has 0 saturated carbocycles. The standard InChI is InChI=1S/C18H21NOS/c1-3-13(2)15-7-9-17(10-8-15)20-12-14-5-4-6-16(11-14)18(19)21/h4-11,13H,3,12H2,1-2H3,(H2,19,21). The first-order valence-electron chi connectivity index (χ1n) is 7.21. The predicted octanol–water partition coefficient (Wildman–Crippen LogP) is 4.41. The summed E-state index contributed by atoms with van der Waals surface area (Å²) in [6.45, 7) is 4.94. The van der Waals surface area contributed by atoms with Crippen LogP contribution in [-0.2, 0) is 6.61 Å². The fourth-order valence-corrected chi connectivity index (χ4v) is 2.24.